The van der Waals surface area contributed by atoms with E-state index < -0.39 is 57.4 Å². The van der Waals surface area contributed by atoms with Gasteiger partial charge in [0.2, 0.25) is 0 Å². The van der Waals surface area contributed by atoms with Gasteiger partial charge in [-0.05, 0) is 37.8 Å². The van der Waals surface area contributed by atoms with Crippen molar-refractivity contribution in [3.63, 3.8) is 0 Å². The molecular formula is C26H25F6N5O4. The molecule has 3 N–H and O–H groups in total. The maximum Gasteiger partial charge on any atom is 0.425 e. The highest BCUT2D eigenvalue weighted by atomic mass is 19.4. The summed E-state index contributed by atoms with van der Waals surface area (Å²) in [5.74, 6) is -3.83. The van der Waals surface area contributed by atoms with Gasteiger partial charge in [-0.2, -0.15) is 18.3 Å². The van der Waals surface area contributed by atoms with Gasteiger partial charge in [-0.15, -0.1) is 0 Å². The van der Waals surface area contributed by atoms with Gasteiger partial charge in [-0.1, -0.05) is 13.3 Å². The van der Waals surface area contributed by atoms with Crippen molar-refractivity contribution in [3.8, 4) is 17.1 Å². The second-order valence-corrected chi connectivity index (χ2v) is 9.49. The van der Waals surface area contributed by atoms with Gasteiger partial charge >= 0.3 is 6.18 Å². The highest BCUT2D eigenvalue weighted by Gasteiger charge is 2.37. The van der Waals surface area contributed by atoms with Gasteiger partial charge < -0.3 is 14.8 Å². The molecule has 15 heteroatoms. The molecule has 41 heavy (non-hydrogen) atoms. The zero-order valence-corrected chi connectivity index (χ0v) is 21.9. The number of hydrogen-bond acceptors (Lipinski definition) is 7. The van der Waals surface area contributed by atoms with Crippen molar-refractivity contribution in [1.29, 1.82) is 0 Å². The van der Waals surface area contributed by atoms with Gasteiger partial charge in [0, 0.05) is 24.2 Å². The fourth-order valence-corrected chi connectivity index (χ4v) is 3.75. The second-order valence-electron chi connectivity index (χ2n) is 9.49. The molecule has 0 radical (unpaired) electrons. The maximum absolute atomic E-state index is 14.8. The van der Waals surface area contributed by atoms with Crippen molar-refractivity contribution in [2.75, 3.05) is 0 Å². The van der Waals surface area contributed by atoms with Crippen molar-refractivity contribution >= 4 is 10.8 Å². The first-order chi connectivity index (χ1) is 19.1. The van der Waals surface area contributed by atoms with Crippen LogP contribution in [0.3, 0.4) is 0 Å². The Labute approximate surface area is 228 Å². The first-order valence-electron chi connectivity index (χ1n) is 12.1. The van der Waals surface area contributed by atoms with Gasteiger partial charge in [-0.3, -0.25) is 9.59 Å². The summed E-state index contributed by atoms with van der Waals surface area (Å²) < 4.78 is 80.1. The van der Waals surface area contributed by atoms with Crippen LogP contribution in [0.4, 0.5) is 26.3 Å². The largest absolute Gasteiger partial charge is 0.505 e. The van der Waals surface area contributed by atoms with Crippen LogP contribution in [0.5, 0.6) is 5.75 Å². The number of alkyl halides is 4. The molecule has 0 saturated heterocycles. The summed E-state index contributed by atoms with van der Waals surface area (Å²) in [7, 11) is 0. The molecular weight excluding hydrogens is 560 g/mol. The highest BCUT2D eigenvalue weighted by molar-refractivity contribution is 5.86. The van der Waals surface area contributed by atoms with E-state index in [1.165, 1.54) is 30.7 Å². The van der Waals surface area contributed by atoms with Crippen molar-refractivity contribution in [2.24, 2.45) is 0 Å². The van der Waals surface area contributed by atoms with Gasteiger partial charge in [0.15, 0.2) is 28.8 Å². The standard InChI is InChI=1S/C21H22F3N3O2.C5H3F3N2O2/c1-4-5-14(22)11-27-7-6-12-8-15(17(23)18(24)16(12)20(27)28)19-25-9-13(10-26-19)21(2,3)29;6-5(7,8)3-2(11)1-9-10-4(3)12/h6-10,14,29H,4-5,11H2,1-3H3;1H,(H2,10,11,12). The van der Waals surface area contributed by atoms with Crippen LogP contribution < -0.4 is 11.1 Å². The number of aromatic hydroxyl groups is 1. The molecule has 0 amide bonds. The molecule has 1 unspecified atom stereocenters. The van der Waals surface area contributed by atoms with Gasteiger partial charge in [0.05, 0.1) is 29.3 Å². The van der Waals surface area contributed by atoms with Crippen LogP contribution in [0, 0.1) is 11.6 Å². The fraction of sp³-hybridized carbons (Fsp3) is 0.346. The number of H-pyrrole nitrogens is 1. The minimum atomic E-state index is -4.86. The average molecular weight is 586 g/mol. The third-order valence-electron chi connectivity index (χ3n) is 5.86. The van der Waals surface area contributed by atoms with Gasteiger partial charge in [0.25, 0.3) is 11.1 Å². The van der Waals surface area contributed by atoms with Crippen molar-refractivity contribution in [2.45, 2.75) is 58.1 Å². The molecule has 0 aliphatic heterocycles. The number of pyridine rings is 1. The monoisotopic (exact) mass is 585 g/mol. The van der Waals surface area contributed by atoms with Crippen LogP contribution in [0.15, 0.2) is 46.5 Å². The molecule has 4 rings (SSSR count). The first kappa shape index (κ1) is 31.3. The summed E-state index contributed by atoms with van der Waals surface area (Å²) in [6.07, 6.45) is -0.671. The number of hydrogen-bond donors (Lipinski definition) is 3. The molecule has 0 aliphatic rings. The molecule has 220 valence electrons. The minimum Gasteiger partial charge on any atom is -0.505 e. The van der Waals surface area contributed by atoms with Crippen LogP contribution in [0.2, 0.25) is 0 Å². The molecule has 1 aromatic carbocycles. The molecule has 3 heterocycles. The molecule has 0 spiro atoms. The topological polar surface area (TPSA) is 134 Å². The van der Waals surface area contributed by atoms with Crippen molar-refractivity contribution in [3.05, 3.63) is 80.4 Å². The number of fused-ring (bicyclic) bond motifs is 1. The third-order valence-corrected chi connectivity index (χ3v) is 5.86. The van der Waals surface area contributed by atoms with Crippen LogP contribution in [-0.2, 0) is 18.3 Å². The fourth-order valence-electron chi connectivity index (χ4n) is 3.75. The first-order valence-corrected chi connectivity index (χ1v) is 12.1. The number of rotatable bonds is 6. The van der Waals surface area contributed by atoms with Crippen LogP contribution in [0.1, 0.15) is 44.7 Å². The zero-order chi connectivity index (χ0) is 30.7. The number of aliphatic hydroxyl groups is 1. The Morgan fingerprint density at radius 3 is 2.22 bits per heavy atom. The lowest BCUT2D eigenvalue weighted by Gasteiger charge is -2.16. The number of nitrogens with zero attached hydrogens (tertiary/aromatic N) is 4. The summed E-state index contributed by atoms with van der Waals surface area (Å²) in [5, 5.41) is 22.9. The summed E-state index contributed by atoms with van der Waals surface area (Å²) in [6, 6.07) is 2.73. The molecule has 0 aliphatic carbocycles. The van der Waals surface area contributed by atoms with E-state index in [9.17, 15) is 41.0 Å². The Bertz CT molecular complexity index is 1650. The normalized spacial score (nSPS) is 12.6. The Morgan fingerprint density at radius 1 is 1.07 bits per heavy atom. The lowest BCUT2D eigenvalue weighted by Crippen LogP contribution is -2.25. The predicted molar refractivity (Wildman–Crippen MR) is 136 cm³/mol. The molecule has 0 fully saturated rings. The molecule has 9 nitrogen and oxygen atoms in total. The predicted octanol–water partition coefficient (Wildman–Crippen LogP) is 4.60. The van der Waals surface area contributed by atoms with E-state index in [-0.39, 0.29) is 29.7 Å². The average Bonchev–Trinajstić information content (AvgIpc) is 2.87. The van der Waals surface area contributed by atoms with E-state index in [2.05, 4.69) is 15.1 Å². The zero-order valence-electron chi connectivity index (χ0n) is 21.9. The summed E-state index contributed by atoms with van der Waals surface area (Å²) in [4.78, 5) is 31.1. The lowest BCUT2D eigenvalue weighted by atomic mass is 10.0. The Morgan fingerprint density at radius 2 is 1.71 bits per heavy atom. The number of benzene rings is 1. The van der Waals surface area contributed by atoms with Gasteiger partial charge in [0.1, 0.15) is 6.17 Å². The molecule has 0 bridgehead atoms. The number of aromatic nitrogens is 5. The molecule has 0 saturated carbocycles. The number of aromatic amines is 1. The van der Waals surface area contributed by atoms with E-state index in [1.54, 1.807) is 18.9 Å². The second kappa shape index (κ2) is 12.1. The third kappa shape index (κ3) is 7.09. The quantitative estimate of drug-likeness (QED) is 0.282. The molecule has 1 atom stereocenters. The molecule has 3 aromatic heterocycles. The summed E-state index contributed by atoms with van der Waals surface area (Å²) >= 11 is 0. The Hall–Kier alpha value is -4.27. The van der Waals surface area contributed by atoms with E-state index in [1.807, 2.05) is 6.92 Å². The van der Waals surface area contributed by atoms with Crippen molar-refractivity contribution in [1.82, 2.24) is 24.7 Å². The maximum atomic E-state index is 14.8. The van der Waals surface area contributed by atoms with Crippen LogP contribution in [-0.4, -0.2) is 41.1 Å². The smallest absolute Gasteiger partial charge is 0.425 e. The van der Waals surface area contributed by atoms with Gasteiger partial charge in [-0.25, -0.2) is 28.2 Å². The highest BCUT2D eigenvalue weighted by Crippen LogP contribution is 2.31. The van der Waals surface area contributed by atoms with E-state index in [0.29, 0.717) is 18.2 Å². The minimum absolute atomic E-state index is 0.0766. The van der Waals surface area contributed by atoms with Crippen molar-refractivity contribution < 1.29 is 36.6 Å². The number of halogens is 6. The summed E-state index contributed by atoms with van der Waals surface area (Å²) in [6.45, 7) is 4.71. The van der Waals surface area contributed by atoms with Crippen LogP contribution >= 0.6 is 0 Å². The Balaban J connectivity index is 0.000000322. The van der Waals surface area contributed by atoms with E-state index in [4.69, 9.17) is 5.11 Å². The van der Waals surface area contributed by atoms with E-state index in [0.717, 1.165) is 4.57 Å². The number of nitrogens with one attached hydrogen (secondary N) is 1. The van der Waals surface area contributed by atoms with E-state index >= 15 is 0 Å². The summed E-state index contributed by atoms with van der Waals surface area (Å²) in [5.41, 5.74) is -4.84. The SMILES string of the molecule is CCCC(F)Cn1ccc2cc(-c3ncc(C(C)(C)O)cn3)c(F)c(F)c2c1=O.O=c1[nH]ncc(O)c1C(F)(F)F. The van der Waals surface area contributed by atoms with Crippen LogP contribution in [0.25, 0.3) is 22.2 Å². The lowest BCUT2D eigenvalue weighted by molar-refractivity contribution is -0.140. The molecule has 4 aromatic rings. The Kier molecular flexibility index (Phi) is 9.21.